The number of hydrogen-bond acceptors (Lipinski definition) is 3. The quantitative estimate of drug-likeness (QED) is 0.160. The van der Waals surface area contributed by atoms with E-state index in [9.17, 15) is 0 Å². The molecule has 0 radical (unpaired) electrons. The third-order valence-electron chi connectivity index (χ3n) is 12.7. The van der Waals surface area contributed by atoms with E-state index in [0.717, 1.165) is 102 Å². The van der Waals surface area contributed by atoms with Crippen LogP contribution in [0.4, 0.5) is 0 Å². The van der Waals surface area contributed by atoms with Gasteiger partial charge in [-0.05, 0) is 131 Å². The summed E-state index contributed by atoms with van der Waals surface area (Å²) in [6.45, 7) is 13.5. The number of aromatic nitrogens is 3. The van der Waals surface area contributed by atoms with Crippen LogP contribution in [0.5, 0.6) is 0 Å². The molecule has 294 valence electrons. The molecule has 0 amide bonds. The van der Waals surface area contributed by atoms with E-state index in [2.05, 4.69) is 220 Å². The van der Waals surface area contributed by atoms with Crippen molar-refractivity contribution < 1.29 is 0 Å². The molecular weight excluding hydrogens is 733 g/mol. The van der Waals surface area contributed by atoms with Gasteiger partial charge in [0.05, 0.1) is 34.2 Å². The molecule has 4 aliphatic heterocycles. The van der Waals surface area contributed by atoms with Crippen LogP contribution in [-0.2, 0) is 10.8 Å². The zero-order valence-corrected chi connectivity index (χ0v) is 34.9. The van der Waals surface area contributed by atoms with E-state index in [-0.39, 0.29) is 5.41 Å². The molecule has 6 nitrogen and oxygen atoms in total. The maximum atomic E-state index is 5.40. The van der Waals surface area contributed by atoms with Crippen molar-refractivity contribution in [3.63, 3.8) is 0 Å². The first-order valence-electron chi connectivity index (χ1n) is 20.8. The minimum absolute atomic E-state index is 0.380. The Kier molecular flexibility index (Phi) is 8.72. The summed E-state index contributed by atoms with van der Waals surface area (Å²) in [5.74, 6) is 0. The molecule has 0 saturated carbocycles. The average molecular weight is 781 g/mol. The molecule has 3 N–H and O–H groups in total. The van der Waals surface area contributed by atoms with Gasteiger partial charge < -0.3 is 15.0 Å². The Morgan fingerprint density at radius 3 is 0.950 bits per heavy atom. The van der Waals surface area contributed by atoms with Crippen molar-refractivity contribution in [1.29, 1.82) is 0 Å². The van der Waals surface area contributed by atoms with Gasteiger partial charge in [0.15, 0.2) is 0 Å². The number of hydrogen-bond donors (Lipinski definition) is 3. The number of aliphatic imine (C=N–C) groups is 3. The Hall–Kier alpha value is -7.05. The van der Waals surface area contributed by atoms with Gasteiger partial charge in [-0.15, -0.1) is 0 Å². The first-order chi connectivity index (χ1) is 29.0. The highest BCUT2D eigenvalue weighted by molar-refractivity contribution is 6.22. The standard InChI is InChI=1S/C54H48N6/c1-52(2)43-28-22-37(55-43)49(34-16-10-7-11-17-34)39-24-30-45(57-39)53(3,4)47-32-26-41(59-47)51(36-20-14-9-15-21-36)42-27-33-48(60-42)54(5,6)46-31-25-40(58-46)50(35-18-12-8-13-19-35)38-23-29-44(52)56-38/h7-33,55-56,59H,1-6H3/b49-39?,50-40-,51-42-. The lowest BCUT2D eigenvalue weighted by atomic mass is 9.82. The summed E-state index contributed by atoms with van der Waals surface area (Å²) in [7, 11) is 0. The number of H-pyrrole nitrogens is 3. The van der Waals surface area contributed by atoms with Gasteiger partial charge in [0.1, 0.15) is 0 Å². The highest BCUT2D eigenvalue weighted by Crippen LogP contribution is 2.41. The monoisotopic (exact) mass is 780 g/mol. The molecule has 10 rings (SSSR count). The van der Waals surface area contributed by atoms with Crippen LogP contribution >= 0.6 is 0 Å². The van der Waals surface area contributed by atoms with Crippen molar-refractivity contribution in [2.45, 2.75) is 52.4 Å². The molecule has 3 aromatic heterocycles. The number of allylic oxidation sites excluding steroid dienone is 6. The van der Waals surface area contributed by atoms with Crippen LogP contribution in [0.2, 0.25) is 0 Å². The SMILES string of the molecule is CC1(C)C2=N/C(=C(/c3ccccc3)c3ccc([nH]3)C(C)(C)C3=NC(=C(c4ccccc4)c4ccc([nH]4)C(C)(C)c4ccc([nH]4)/C(c4ccccc4)=C4/C=CC1=N4)C=C3)C=C2. The van der Waals surface area contributed by atoms with Crippen LogP contribution < -0.4 is 0 Å². The zero-order valence-electron chi connectivity index (χ0n) is 34.9. The number of fused-ring (bicyclic) bond motifs is 9. The van der Waals surface area contributed by atoms with E-state index in [1.54, 1.807) is 0 Å². The van der Waals surface area contributed by atoms with E-state index in [1.807, 2.05) is 0 Å². The minimum atomic E-state index is -0.471. The maximum absolute atomic E-state index is 5.40. The lowest BCUT2D eigenvalue weighted by Crippen LogP contribution is -2.30. The van der Waals surface area contributed by atoms with Crippen molar-refractivity contribution in [2.24, 2.45) is 20.4 Å². The number of rotatable bonds is 3. The predicted octanol–water partition coefficient (Wildman–Crippen LogP) is 12.3. The first-order valence-corrected chi connectivity index (χ1v) is 20.8. The van der Waals surface area contributed by atoms with E-state index >= 15 is 0 Å². The van der Waals surface area contributed by atoms with Gasteiger partial charge >= 0.3 is 0 Å². The van der Waals surface area contributed by atoms with Crippen molar-refractivity contribution in [2.75, 3.05) is 0 Å². The van der Waals surface area contributed by atoms with Crippen LogP contribution in [-0.4, -0.2) is 32.1 Å². The van der Waals surface area contributed by atoms with Gasteiger partial charge in [0.2, 0.25) is 0 Å². The summed E-state index contributed by atoms with van der Waals surface area (Å²) >= 11 is 0. The van der Waals surface area contributed by atoms with Crippen LogP contribution in [0.3, 0.4) is 0 Å². The molecule has 0 atom stereocenters. The van der Waals surface area contributed by atoms with Crippen molar-refractivity contribution in [1.82, 2.24) is 15.0 Å². The number of nitrogens with one attached hydrogen (secondary N) is 3. The molecular formula is C54H48N6. The summed E-state index contributed by atoms with van der Waals surface area (Å²) in [4.78, 5) is 27.8. The van der Waals surface area contributed by atoms with Crippen LogP contribution in [0.15, 0.2) is 196 Å². The number of benzene rings is 3. The smallest absolute Gasteiger partial charge is 0.0733 e. The molecule has 4 aliphatic rings. The molecule has 7 heterocycles. The zero-order chi connectivity index (χ0) is 41.2. The second kappa shape index (κ2) is 14.1. The van der Waals surface area contributed by atoms with E-state index < -0.39 is 10.8 Å². The van der Waals surface area contributed by atoms with E-state index in [1.165, 1.54) is 0 Å². The normalized spacial score (nSPS) is 21.2. The minimum Gasteiger partial charge on any atom is -0.358 e. The fraction of sp³-hybridized carbons (Fsp3) is 0.167. The predicted molar refractivity (Wildman–Crippen MR) is 248 cm³/mol. The van der Waals surface area contributed by atoms with Crippen LogP contribution in [0.25, 0.3) is 16.7 Å². The van der Waals surface area contributed by atoms with Crippen molar-refractivity contribution in [3.8, 4) is 0 Å². The summed E-state index contributed by atoms with van der Waals surface area (Å²) in [5, 5.41) is 0. The molecule has 3 aromatic carbocycles. The summed E-state index contributed by atoms with van der Waals surface area (Å²) in [6, 6.07) is 44.9. The lowest BCUT2D eigenvalue weighted by Gasteiger charge is -2.24. The molecule has 0 aliphatic carbocycles. The molecule has 0 fully saturated rings. The molecule has 6 aromatic rings. The topological polar surface area (TPSA) is 84.5 Å². The third-order valence-corrected chi connectivity index (χ3v) is 12.7. The molecule has 0 unspecified atom stereocenters. The Balaban J connectivity index is 1.20. The van der Waals surface area contributed by atoms with Gasteiger partial charge in [0, 0.05) is 67.1 Å². The maximum Gasteiger partial charge on any atom is 0.0733 e. The summed E-state index contributed by atoms with van der Waals surface area (Å²) in [5.41, 5.74) is 17.2. The Labute approximate surface area is 352 Å². The van der Waals surface area contributed by atoms with Gasteiger partial charge in [-0.25, -0.2) is 0 Å². The van der Waals surface area contributed by atoms with Crippen LogP contribution in [0.1, 0.15) is 92.4 Å². The molecule has 0 spiro atoms. The molecule has 60 heavy (non-hydrogen) atoms. The Bertz CT molecular complexity index is 2960. The van der Waals surface area contributed by atoms with Gasteiger partial charge in [0.25, 0.3) is 0 Å². The van der Waals surface area contributed by atoms with Gasteiger partial charge in [-0.2, -0.15) is 0 Å². The van der Waals surface area contributed by atoms with E-state index in [4.69, 9.17) is 15.0 Å². The summed E-state index contributed by atoms with van der Waals surface area (Å²) < 4.78 is 0. The fourth-order valence-corrected chi connectivity index (χ4v) is 8.82. The first kappa shape index (κ1) is 37.2. The number of nitrogens with zero attached hydrogens (tertiary/aromatic N) is 3. The molecule has 6 heteroatoms. The summed E-state index contributed by atoms with van der Waals surface area (Å²) in [6.07, 6.45) is 13.0. The number of aromatic amines is 3. The van der Waals surface area contributed by atoms with Gasteiger partial charge in [-0.1, -0.05) is 91.0 Å². The van der Waals surface area contributed by atoms with Crippen molar-refractivity contribution >= 4 is 33.9 Å². The Morgan fingerprint density at radius 2 is 0.617 bits per heavy atom. The lowest BCUT2D eigenvalue weighted by molar-refractivity contribution is 0.602. The molecule has 0 saturated heterocycles. The highest BCUT2D eigenvalue weighted by atomic mass is 14.9. The Morgan fingerprint density at radius 1 is 0.317 bits per heavy atom. The highest BCUT2D eigenvalue weighted by Gasteiger charge is 2.35. The van der Waals surface area contributed by atoms with Gasteiger partial charge in [-0.3, -0.25) is 15.0 Å². The second-order valence-corrected chi connectivity index (χ2v) is 17.6. The molecule has 12 bridgehead atoms. The average Bonchev–Trinajstić information content (AvgIpc) is 4.11. The fourth-order valence-electron chi connectivity index (χ4n) is 8.82. The third kappa shape index (κ3) is 6.22. The second-order valence-electron chi connectivity index (χ2n) is 17.6. The largest absolute Gasteiger partial charge is 0.358 e. The van der Waals surface area contributed by atoms with Crippen molar-refractivity contribution in [3.05, 3.63) is 232 Å². The van der Waals surface area contributed by atoms with Crippen LogP contribution in [0, 0.1) is 5.41 Å². The van der Waals surface area contributed by atoms with E-state index in [0.29, 0.717) is 0 Å².